The van der Waals surface area contributed by atoms with Crippen molar-refractivity contribution in [3.05, 3.63) is 83.9 Å². The highest BCUT2D eigenvalue weighted by molar-refractivity contribution is 7.97. The SMILES string of the molecule is CC(Oc1ccc([S+](c2ccc(C(C)(C)C)cc2)c2ccc(C3(C)OC4COCC4O3)cc2)cc1)C(F)(F)S(=O)(=O)O. The van der Waals surface area contributed by atoms with Crippen molar-refractivity contribution in [2.24, 2.45) is 0 Å². The van der Waals surface area contributed by atoms with Crippen molar-refractivity contribution < 1.29 is 40.7 Å². The Morgan fingerprint density at radius 2 is 1.33 bits per heavy atom. The molecule has 0 saturated carbocycles. The Kier molecular flexibility index (Phi) is 8.23. The fourth-order valence-electron chi connectivity index (χ4n) is 5.01. The summed E-state index contributed by atoms with van der Waals surface area (Å²) >= 11 is 0. The topological polar surface area (TPSA) is 91.3 Å². The average molecular weight is 622 g/mol. The molecule has 2 aliphatic rings. The molecule has 2 heterocycles. The second-order valence-corrected chi connectivity index (χ2v) is 15.2. The first kappa shape index (κ1) is 30.9. The Labute approximate surface area is 248 Å². The van der Waals surface area contributed by atoms with E-state index in [1.807, 2.05) is 31.2 Å². The van der Waals surface area contributed by atoms with E-state index in [0.29, 0.717) is 13.2 Å². The summed E-state index contributed by atoms with van der Waals surface area (Å²) in [4.78, 5) is 2.98. The molecule has 7 nitrogen and oxygen atoms in total. The van der Waals surface area contributed by atoms with Gasteiger partial charge in [0.15, 0.2) is 26.6 Å². The molecule has 0 aliphatic carbocycles. The van der Waals surface area contributed by atoms with Crippen LogP contribution in [0.3, 0.4) is 0 Å². The van der Waals surface area contributed by atoms with Crippen LogP contribution in [0.5, 0.6) is 5.75 Å². The molecule has 226 valence electrons. The monoisotopic (exact) mass is 621 g/mol. The first-order valence-corrected chi connectivity index (χ1v) is 16.3. The summed E-state index contributed by atoms with van der Waals surface area (Å²) in [6.07, 6.45) is -2.28. The van der Waals surface area contributed by atoms with Gasteiger partial charge in [0.2, 0.25) is 0 Å². The third kappa shape index (κ3) is 6.09. The van der Waals surface area contributed by atoms with Gasteiger partial charge in [0.05, 0.1) is 24.1 Å². The highest BCUT2D eigenvalue weighted by Gasteiger charge is 2.51. The van der Waals surface area contributed by atoms with Gasteiger partial charge < -0.3 is 18.9 Å². The molecule has 4 atom stereocenters. The number of hydrogen-bond donors (Lipinski definition) is 1. The normalized spacial score (nSPS) is 24.3. The molecule has 42 heavy (non-hydrogen) atoms. The Bertz CT molecular complexity index is 1490. The quantitative estimate of drug-likeness (QED) is 0.233. The summed E-state index contributed by atoms with van der Waals surface area (Å²) in [6, 6.07) is 23.1. The number of alkyl halides is 2. The summed E-state index contributed by atoms with van der Waals surface area (Å²) in [7, 11) is -6.20. The van der Waals surface area contributed by atoms with E-state index in [2.05, 4.69) is 45.0 Å². The summed E-state index contributed by atoms with van der Waals surface area (Å²) in [5, 5.41) is -4.46. The lowest BCUT2D eigenvalue weighted by molar-refractivity contribution is -0.186. The Balaban J connectivity index is 1.45. The van der Waals surface area contributed by atoms with E-state index in [0.717, 1.165) is 27.2 Å². The fraction of sp³-hybridized carbons (Fsp3) is 0.419. The molecule has 2 saturated heterocycles. The predicted octanol–water partition coefficient (Wildman–Crippen LogP) is 6.31. The first-order chi connectivity index (χ1) is 19.6. The van der Waals surface area contributed by atoms with E-state index in [1.165, 1.54) is 17.7 Å². The second-order valence-electron chi connectivity index (χ2n) is 11.7. The van der Waals surface area contributed by atoms with Gasteiger partial charge in [-0.05, 0) is 85.5 Å². The van der Waals surface area contributed by atoms with E-state index in [-0.39, 0.29) is 23.4 Å². The fourth-order valence-corrected chi connectivity index (χ4v) is 7.51. The van der Waals surface area contributed by atoms with Crippen LogP contribution in [-0.2, 0) is 46.4 Å². The van der Waals surface area contributed by atoms with Gasteiger partial charge in [-0.15, -0.1) is 0 Å². The molecular weight excluding hydrogens is 586 g/mol. The predicted molar refractivity (Wildman–Crippen MR) is 155 cm³/mol. The summed E-state index contributed by atoms with van der Waals surface area (Å²) in [5.41, 5.74) is 2.07. The zero-order chi connectivity index (χ0) is 30.5. The van der Waals surface area contributed by atoms with Gasteiger partial charge in [-0.1, -0.05) is 32.9 Å². The van der Waals surface area contributed by atoms with Crippen LogP contribution in [0.4, 0.5) is 8.78 Å². The van der Waals surface area contributed by atoms with Crippen molar-refractivity contribution in [3.63, 3.8) is 0 Å². The average Bonchev–Trinajstić information content (AvgIpc) is 3.48. The van der Waals surface area contributed by atoms with Crippen LogP contribution in [0.15, 0.2) is 87.5 Å². The van der Waals surface area contributed by atoms with Gasteiger partial charge in [-0.3, -0.25) is 4.55 Å². The number of benzene rings is 3. The van der Waals surface area contributed by atoms with E-state index >= 15 is 0 Å². The van der Waals surface area contributed by atoms with Crippen molar-refractivity contribution in [1.82, 2.24) is 0 Å². The van der Waals surface area contributed by atoms with Gasteiger partial charge in [0.25, 0.3) is 0 Å². The largest absolute Gasteiger partial charge is 0.483 e. The van der Waals surface area contributed by atoms with Gasteiger partial charge in [-0.25, -0.2) is 0 Å². The lowest BCUT2D eigenvalue weighted by Gasteiger charge is -2.25. The maximum Gasteiger partial charge on any atom is 0.405 e. The number of ether oxygens (including phenoxy) is 4. The first-order valence-electron chi connectivity index (χ1n) is 13.6. The smallest absolute Gasteiger partial charge is 0.405 e. The van der Waals surface area contributed by atoms with Gasteiger partial charge in [0.1, 0.15) is 18.0 Å². The summed E-state index contributed by atoms with van der Waals surface area (Å²) in [6.45, 7) is 10.3. The van der Waals surface area contributed by atoms with Crippen molar-refractivity contribution in [1.29, 1.82) is 0 Å². The molecule has 5 rings (SSSR count). The molecule has 3 aromatic carbocycles. The minimum Gasteiger partial charge on any atom is -0.483 e. The lowest BCUT2D eigenvalue weighted by Crippen LogP contribution is -2.42. The second kappa shape index (κ2) is 11.2. The highest BCUT2D eigenvalue weighted by atomic mass is 32.2. The van der Waals surface area contributed by atoms with E-state index in [4.69, 9.17) is 23.5 Å². The Hall–Kier alpha value is -2.54. The van der Waals surface area contributed by atoms with Crippen LogP contribution in [0.1, 0.15) is 45.7 Å². The third-order valence-corrected chi connectivity index (χ3v) is 10.7. The molecule has 0 aromatic heterocycles. The molecule has 0 amide bonds. The maximum absolute atomic E-state index is 14.0. The van der Waals surface area contributed by atoms with Crippen molar-refractivity contribution in [2.45, 2.75) is 84.1 Å². The molecule has 0 bridgehead atoms. The minimum atomic E-state index is -5.63. The van der Waals surface area contributed by atoms with Gasteiger partial charge in [-0.2, -0.15) is 17.2 Å². The molecule has 0 spiro atoms. The molecule has 3 aromatic rings. The van der Waals surface area contributed by atoms with Crippen molar-refractivity contribution in [3.8, 4) is 5.75 Å². The van der Waals surface area contributed by atoms with Crippen molar-refractivity contribution in [2.75, 3.05) is 13.2 Å². The van der Waals surface area contributed by atoms with E-state index in [1.54, 1.807) is 12.1 Å². The van der Waals surface area contributed by atoms with Crippen LogP contribution in [0.2, 0.25) is 0 Å². The summed E-state index contributed by atoms with van der Waals surface area (Å²) < 4.78 is 82.2. The molecular formula is C31H35F2O7S2+. The van der Waals surface area contributed by atoms with Gasteiger partial charge in [0, 0.05) is 5.56 Å². The molecule has 0 radical (unpaired) electrons. The zero-order valence-electron chi connectivity index (χ0n) is 24.0. The lowest BCUT2D eigenvalue weighted by atomic mass is 9.87. The number of hydrogen-bond acceptors (Lipinski definition) is 6. The van der Waals surface area contributed by atoms with Crippen LogP contribution >= 0.6 is 0 Å². The van der Waals surface area contributed by atoms with Gasteiger partial charge >= 0.3 is 15.4 Å². The van der Waals surface area contributed by atoms with Crippen LogP contribution in [0, 0.1) is 0 Å². The highest BCUT2D eigenvalue weighted by Crippen LogP contribution is 2.41. The molecule has 2 aliphatic heterocycles. The molecule has 1 N–H and O–H groups in total. The molecule has 2 fully saturated rings. The Morgan fingerprint density at radius 1 is 0.881 bits per heavy atom. The van der Waals surface area contributed by atoms with Crippen LogP contribution < -0.4 is 4.74 Å². The minimum absolute atomic E-state index is 0.0152. The number of halogens is 2. The Morgan fingerprint density at radius 3 is 1.79 bits per heavy atom. The number of fused-ring (bicyclic) bond motifs is 1. The van der Waals surface area contributed by atoms with Crippen LogP contribution in [-0.4, -0.2) is 49.8 Å². The third-order valence-electron chi connectivity index (χ3n) is 7.49. The van der Waals surface area contributed by atoms with Crippen molar-refractivity contribution >= 4 is 21.0 Å². The summed E-state index contributed by atoms with van der Waals surface area (Å²) in [5.74, 6) is -0.820. The number of rotatable bonds is 8. The maximum atomic E-state index is 14.0. The van der Waals surface area contributed by atoms with E-state index < -0.39 is 38.2 Å². The molecule has 4 unspecified atom stereocenters. The zero-order valence-corrected chi connectivity index (χ0v) is 25.7. The van der Waals surface area contributed by atoms with E-state index in [9.17, 15) is 17.2 Å². The van der Waals surface area contributed by atoms with Crippen LogP contribution in [0.25, 0.3) is 0 Å². The molecule has 11 heteroatoms. The standard InChI is InChI=1S/C31H34F2O7S2/c1-20(31(32,33)42(34,35)36)38-23-10-16-26(17-11-23)41(24-12-6-21(7-13-24)29(2,3)4)25-14-8-22(9-15-25)30(5)39-27-18-37-19-28(27)40-30/h6-17,20,27-28H,18-19H2,1-5H3/p+1.